The van der Waals surface area contributed by atoms with E-state index in [0.29, 0.717) is 12.1 Å². The smallest absolute Gasteiger partial charge is 0.264 e. The van der Waals surface area contributed by atoms with Gasteiger partial charge in [-0.2, -0.15) is 0 Å². The van der Waals surface area contributed by atoms with Crippen molar-refractivity contribution in [3.8, 4) is 0 Å². The summed E-state index contributed by atoms with van der Waals surface area (Å²) < 4.78 is 26.2. The van der Waals surface area contributed by atoms with Crippen LogP contribution in [0.3, 0.4) is 0 Å². The van der Waals surface area contributed by atoms with Gasteiger partial charge < -0.3 is 5.32 Å². The van der Waals surface area contributed by atoms with E-state index < -0.39 is 15.9 Å². The van der Waals surface area contributed by atoms with Crippen molar-refractivity contribution >= 4 is 27.5 Å². The summed E-state index contributed by atoms with van der Waals surface area (Å²) in [4.78, 5) is 23.2. The summed E-state index contributed by atoms with van der Waals surface area (Å²) in [7, 11) is -3.88. The number of rotatable bonds is 8. The van der Waals surface area contributed by atoms with Crippen LogP contribution in [0.25, 0.3) is 0 Å². The lowest BCUT2D eigenvalue weighted by Crippen LogP contribution is -2.31. The Morgan fingerprint density at radius 3 is 2.22 bits per heavy atom. The number of nitrogens with one attached hydrogen (secondary N) is 2. The van der Waals surface area contributed by atoms with E-state index >= 15 is 0 Å². The van der Waals surface area contributed by atoms with Crippen LogP contribution in [0.2, 0.25) is 0 Å². The molecule has 0 heterocycles. The molecule has 0 saturated heterocycles. The van der Waals surface area contributed by atoms with E-state index in [2.05, 4.69) is 5.32 Å². The lowest BCUT2D eigenvalue weighted by molar-refractivity contribution is -0.120. The van der Waals surface area contributed by atoms with Crippen molar-refractivity contribution < 1.29 is 18.0 Å². The SMILES string of the molecule is CCCCC(=O)Nc1ccc(S(=O)(=O)NC(=O)CC(C)C)cc1. The minimum Gasteiger partial charge on any atom is -0.326 e. The Morgan fingerprint density at radius 2 is 1.70 bits per heavy atom. The molecule has 1 aromatic rings. The minimum atomic E-state index is -3.88. The Kier molecular flexibility index (Phi) is 7.22. The maximum Gasteiger partial charge on any atom is 0.264 e. The van der Waals surface area contributed by atoms with Crippen molar-refractivity contribution in [1.29, 1.82) is 0 Å². The highest BCUT2D eigenvalue weighted by Gasteiger charge is 2.18. The van der Waals surface area contributed by atoms with Gasteiger partial charge in [0.15, 0.2) is 0 Å². The summed E-state index contributed by atoms with van der Waals surface area (Å²) >= 11 is 0. The second kappa shape index (κ2) is 8.67. The van der Waals surface area contributed by atoms with E-state index in [1.54, 1.807) is 0 Å². The van der Waals surface area contributed by atoms with Crippen molar-refractivity contribution in [3.63, 3.8) is 0 Å². The third kappa shape index (κ3) is 6.81. The number of anilines is 1. The summed E-state index contributed by atoms with van der Waals surface area (Å²) in [5, 5.41) is 2.70. The monoisotopic (exact) mass is 340 g/mol. The fourth-order valence-corrected chi connectivity index (χ4v) is 2.89. The molecular weight excluding hydrogens is 316 g/mol. The first-order valence-corrected chi connectivity index (χ1v) is 9.18. The zero-order valence-electron chi connectivity index (χ0n) is 13.8. The van der Waals surface area contributed by atoms with Crippen molar-refractivity contribution in [2.75, 3.05) is 5.32 Å². The molecule has 6 nitrogen and oxygen atoms in total. The fourth-order valence-electron chi connectivity index (χ4n) is 1.90. The van der Waals surface area contributed by atoms with Crippen LogP contribution < -0.4 is 10.0 Å². The predicted molar refractivity (Wildman–Crippen MR) is 89.4 cm³/mol. The molecule has 23 heavy (non-hydrogen) atoms. The molecule has 1 rings (SSSR count). The Morgan fingerprint density at radius 1 is 1.09 bits per heavy atom. The van der Waals surface area contributed by atoms with Gasteiger partial charge in [0.25, 0.3) is 10.0 Å². The molecule has 0 aromatic heterocycles. The molecule has 0 spiro atoms. The number of hydrogen-bond acceptors (Lipinski definition) is 4. The first-order valence-electron chi connectivity index (χ1n) is 7.70. The largest absolute Gasteiger partial charge is 0.326 e. The maximum atomic E-state index is 12.1. The summed E-state index contributed by atoms with van der Waals surface area (Å²) in [6, 6.07) is 5.73. The minimum absolute atomic E-state index is 0.0128. The summed E-state index contributed by atoms with van der Waals surface area (Å²) in [6.45, 7) is 5.67. The van der Waals surface area contributed by atoms with E-state index in [-0.39, 0.29) is 23.1 Å². The Labute approximate surface area is 137 Å². The Balaban J connectivity index is 2.71. The summed E-state index contributed by atoms with van der Waals surface area (Å²) in [5.41, 5.74) is 0.526. The van der Waals surface area contributed by atoms with Gasteiger partial charge in [-0.1, -0.05) is 27.2 Å². The average Bonchev–Trinajstić information content (AvgIpc) is 2.44. The maximum absolute atomic E-state index is 12.1. The van der Waals surface area contributed by atoms with Crippen LogP contribution in [0.1, 0.15) is 46.5 Å². The van der Waals surface area contributed by atoms with Gasteiger partial charge in [-0.3, -0.25) is 9.59 Å². The van der Waals surface area contributed by atoms with Gasteiger partial charge >= 0.3 is 0 Å². The standard InChI is InChI=1S/C16H24N2O4S/c1-4-5-6-15(19)17-13-7-9-14(10-8-13)23(21,22)18-16(20)11-12(2)3/h7-10,12H,4-6,11H2,1-3H3,(H,17,19)(H,18,20). The van der Waals surface area contributed by atoms with Gasteiger partial charge in [0, 0.05) is 18.5 Å². The molecule has 7 heteroatoms. The van der Waals surface area contributed by atoms with Gasteiger partial charge in [0.2, 0.25) is 11.8 Å². The van der Waals surface area contributed by atoms with Crippen molar-refractivity contribution in [2.24, 2.45) is 5.92 Å². The van der Waals surface area contributed by atoms with Gasteiger partial charge in [0.1, 0.15) is 0 Å². The Hall–Kier alpha value is -1.89. The number of carbonyl (C=O) groups is 2. The summed E-state index contributed by atoms with van der Waals surface area (Å²) in [6.07, 6.45) is 2.31. The number of amides is 2. The van der Waals surface area contributed by atoms with Gasteiger partial charge in [-0.25, -0.2) is 13.1 Å². The average molecular weight is 340 g/mol. The molecule has 1 aromatic carbocycles. The zero-order chi connectivity index (χ0) is 17.5. The highest BCUT2D eigenvalue weighted by molar-refractivity contribution is 7.90. The molecule has 0 saturated carbocycles. The van der Waals surface area contributed by atoms with Crippen LogP contribution >= 0.6 is 0 Å². The molecule has 0 aliphatic heterocycles. The van der Waals surface area contributed by atoms with Crippen molar-refractivity contribution in [1.82, 2.24) is 4.72 Å². The highest BCUT2D eigenvalue weighted by Crippen LogP contribution is 2.15. The molecule has 0 atom stereocenters. The molecule has 128 valence electrons. The van der Waals surface area contributed by atoms with Crippen LogP contribution in [-0.4, -0.2) is 20.2 Å². The number of benzene rings is 1. The van der Waals surface area contributed by atoms with Crippen molar-refractivity contribution in [2.45, 2.75) is 51.3 Å². The normalized spacial score (nSPS) is 11.3. The number of carbonyl (C=O) groups excluding carboxylic acids is 2. The van der Waals surface area contributed by atoms with E-state index in [4.69, 9.17) is 0 Å². The van der Waals surface area contributed by atoms with Crippen LogP contribution in [0.15, 0.2) is 29.2 Å². The zero-order valence-corrected chi connectivity index (χ0v) is 14.6. The second-order valence-corrected chi connectivity index (χ2v) is 7.49. The Bertz CT molecular complexity index is 637. The molecule has 2 N–H and O–H groups in total. The molecule has 0 fully saturated rings. The predicted octanol–water partition coefficient (Wildman–Crippen LogP) is 2.67. The van der Waals surface area contributed by atoms with E-state index in [1.807, 2.05) is 25.5 Å². The molecule has 0 bridgehead atoms. The molecule has 0 aliphatic rings. The molecule has 2 amide bonds. The first-order chi connectivity index (χ1) is 10.7. The lowest BCUT2D eigenvalue weighted by atomic mass is 10.1. The summed E-state index contributed by atoms with van der Waals surface area (Å²) in [5.74, 6) is -0.560. The molecule has 0 radical (unpaired) electrons. The number of unbranched alkanes of at least 4 members (excludes halogenated alkanes) is 1. The lowest BCUT2D eigenvalue weighted by Gasteiger charge is -2.09. The first kappa shape index (κ1) is 19.2. The van der Waals surface area contributed by atoms with E-state index in [0.717, 1.165) is 12.8 Å². The second-order valence-electron chi connectivity index (χ2n) is 5.80. The van der Waals surface area contributed by atoms with Gasteiger partial charge in [0.05, 0.1) is 4.90 Å². The van der Waals surface area contributed by atoms with Gasteiger partial charge in [-0.05, 0) is 36.6 Å². The van der Waals surface area contributed by atoms with Gasteiger partial charge in [-0.15, -0.1) is 0 Å². The number of hydrogen-bond donors (Lipinski definition) is 2. The quantitative estimate of drug-likeness (QED) is 0.761. The van der Waals surface area contributed by atoms with Crippen LogP contribution in [0.5, 0.6) is 0 Å². The van der Waals surface area contributed by atoms with Crippen molar-refractivity contribution in [3.05, 3.63) is 24.3 Å². The third-order valence-electron chi connectivity index (χ3n) is 3.05. The fraction of sp³-hybridized carbons (Fsp3) is 0.500. The molecule has 0 unspecified atom stereocenters. The van der Waals surface area contributed by atoms with Crippen LogP contribution in [0, 0.1) is 5.92 Å². The van der Waals surface area contributed by atoms with Crippen LogP contribution in [-0.2, 0) is 19.6 Å². The molecule has 0 aliphatic carbocycles. The van der Waals surface area contributed by atoms with E-state index in [1.165, 1.54) is 24.3 Å². The number of sulfonamides is 1. The van der Waals surface area contributed by atoms with Crippen LogP contribution in [0.4, 0.5) is 5.69 Å². The highest BCUT2D eigenvalue weighted by atomic mass is 32.2. The van der Waals surface area contributed by atoms with E-state index in [9.17, 15) is 18.0 Å². The topological polar surface area (TPSA) is 92.3 Å². The third-order valence-corrected chi connectivity index (χ3v) is 4.44. The molecular formula is C16H24N2O4S.